The molecule has 1 aliphatic heterocycles. The Morgan fingerprint density at radius 3 is 2.58 bits per heavy atom. The van der Waals surface area contributed by atoms with Gasteiger partial charge in [-0.3, -0.25) is 14.9 Å². The molecule has 2 amide bonds. The third-order valence-corrected chi connectivity index (χ3v) is 9.97. The van der Waals surface area contributed by atoms with E-state index in [9.17, 15) is 14.7 Å². The van der Waals surface area contributed by atoms with Crippen LogP contribution >= 0.6 is 23.5 Å². The van der Waals surface area contributed by atoms with Crippen LogP contribution in [0, 0.1) is 5.92 Å². The SMILES string of the molecule is COc1ccc(CC(SCC2CCCCC2)C(CNC(=O)c2ccccc2O)NC(=O)[C@@H]2NCCS2)cc1. The number of rotatable bonds is 12. The number of benzene rings is 2. The summed E-state index contributed by atoms with van der Waals surface area (Å²) in [6.45, 7) is 1.08. The number of thioether (sulfide) groups is 2. The maximum atomic E-state index is 13.2. The summed E-state index contributed by atoms with van der Waals surface area (Å²) in [6, 6.07) is 14.3. The first-order chi connectivity index (χ1) is 18.5. The third-order valence-electron chi connectivity index (χ3n) is 7.23. The highest BCUT2D eigenvalue weighted by atomic mass is 32.2. The minimum Gasteiger partial charge on any atom is -0.507 e. The lowest BCUT2D eigenvalue weighted by Gasteiger charge is -2.31. The highest BCUT2D eigenvalue weighted by Gasteiger charge is 2.30. The smallest absolute Gasteiger partial charge is 0.255 e. The number of carbonyl (C=O) groups excluding carboxylic acids is 2. The standard InChI is InChI=1S/C29H39N3O4S2/c1-36-22-13-11-20(12-14-22)17-26(38-19-21-7-3-2-4-8-21)24(32-28(35)29-30-15-16-37-29)18-31-27(34)23-9-5-6-10-25(23)33/h5-6,9-14,21,24,26,29-30,33H,2-4,7-8,15-19H2,1H3,(H,31,34)(H,32,35)/t24?,26?,29-/m1/s1. The van der Waals surface area contributed by atoms with Gasteiger partial charge >= 0.3 is 0 Å². The van der Waals surface area contributed by atoms with Gasteiger partial charge in [0.2, 0.25) is 5.91 Å². The first-order valence-electron chi connectivity index (χ1n) is 13.5. The molecule has 1 saturated heterocycles. The van der Waals surface area contributed by atoms with Crippen LogP contribution in [0.15, 0.2) is 48.5 Å². The molecule has 7 nitrogen and oxygen atoms in total. The summed E-state index contributed by atoms with van der Waals surface area (Å²) < 4.78 is 5.34. The predicted molar refractivity (Wildman–Crippen MR) is 156 cm³/mol. The Morgan fingerprint density at radius 2 is 1.89 bits per heavy atom. The number of nitrogens with one attached hydrogen (secondary N) is 3. The van der Waals surface area contributed by atoms with Crippen LogP contribution < -0.4 is 20.7 Å². The second-order valence-electron chi connectivity index (χ2n) is 9.98. The van der Waals surface area contributed by atoms with Gasteiger partial charge in [-0.25, -0.2) is 0 Å². The topological polar surface area (TPSA) is 99.7 Å². The molecule has 0 aromatic heterocycles. The van der Waals surface area contributed by atoms with Gasteiger partial charge in [0.25, 0.3) is 5.91 Å². The van der Waals surface area contributed by atoms with E-state index in [4.69, 9.17) is 4.74 Å². The summed E-state index contributed by atoms with van der Waals surface area (Å²) in [6.07, 6.45) is 7.16. The van der Waals surface area contributed by atoms with Gasteiger partial charge in [-0.2, -0.15) is 11.8 Å². The lowest BCUT2D eigenvalue weighted by Crippen LogP contribution is -2.53. The van der Waals surface area contributed by atoms with Crippen LogP contribution in [0.4, 0.5) is 0 Å². The molecule has 1 aliphatic carbocycles. The number of methoxy groups -OCH3 is 1. The number of hydrogen-bond donors (Lipinski definition) is 4. The van der Waals surface area contributed by atoms with Crippen molar-refractivity contribution < 1.29 is 19.4 Å². The van der Waals surface area contributed by atoms with Crippen LogP contribution in [-0.4, -0.2) is 65.3 Å². The van der Waals surface area contributed by atoms with Gasteiger partial charge < -0.3 is 20.5 Å². The second kappa shape index (κ2) is 14.7. The maximum absolute atomic E-state index is 13.2. The van der Waals surface area contributed by atoms with E-state index < -0.39 is 0 Å². The minimum atomic E-state index is -0.351. The van der Waals surface area contributed by atoms with Crippen molar-refractivity contribution in [3.63, 3.8) is 0 Å². The van der Waals surface area contributed by atoms with Gasteiger partial charge in [-0.15, -0.1) is 11.8 Å². The summed E-state index contributed by atoms with van der Waals surface area (Å²) in [5, 5.41) is 19.4. The normalized spacial score (nSPS) is 19.4. The molecule has 2 aromatic carbocycles. The van der Waals surface area contributed by atoms with E-state index in [-0.39, 0.29) is 46.3 Å². The Balaban J connectivity index is 1.52. The zero-order chi connectivity index (χ0) is 26.7. The van der Waals surface area contributed by atoms with Gasteiger partial charge in [-0.1, -0.05) is 43.5 Å². The zero-order valence-corrected chi connectivity index (χ0v) is 23.6. The summed E-state index contributed by atoms with van der Waals surface area (Å²) >= 11 is 3.51. The Labute approximate surface area is 234 Å². The Bertz CT molecular complexity index is 1040. The molecule has 0 bridgehead atoms. The summed E-state index contributed by atoms with van der Waals surface area (Å²) in [5.74, 6) is 2.98. The summed E-state index contributed by atoms with van der Waals surface area (Å²) in [4.78, 5) is 26.1. The molecule has 206 valence electrons. The summed E-state index contributed by atoms with van der Waals surface area (Å²) in [5.41, 5.74) is 1.39. The third kappa shape index (κ3) is 8.32. The van der Waals surface area contributed by atoms with Crippen LogP contribution in [0.25, 0.3) is 0 Å². The molecule has 3 atom stereocenters. The number of phenolic OH excluding ortho intramolecular Hbond substituents is 1. The molecule has 2 fully saturated rings. The van der Waals surface area contributed by atoms with Crippen LogP contribution in [-0.2, 0) is 11.2 Å². The number of hydrogen-bond acceptors (Lipinski definition) is 7. The number of aromatic hydroxyl groups is 1. The summed E-state index contributed by atoms with van der Waals surface area (Å²) in [7, 11) is 1.66. The van der Waals surface area contributed by atoms with Gasteiger partial charge in [0, 0.05) is 24.1 Å². The van der Waals surface area contributed by atoms with Crippen molar-refractivity contribution in [1.82, 2.24) is 16.0 Å². The number of carbonyl (C=O) groups is 2. The molecule has 0 radical (unpaired) electrons. The Morgan fingerprint density at radius 1 is 1.13 bits per heavy atom. The fraction of sp³-hybridized carbons (Fsp3) is 0.517. The molecule has 4 rings (SSSR count). The molecule has 4 N–H and O–H groups in total. The molecule has 1 heterocycles. The molecule has 1 saturated carbocycles. The number of para-hydroxylation sites is 1. The first-order valence-corrected chi connectivity index (χ1v) is 15.6. The first kappa shape index (κ1) is 28.6. The molecule has 2 aromatic rings. The average molecular weight is 558 g/mol. The quantitative estimate of drug-likeness (QED) is 0.310. The highest BCUT2D eigenvalue weighted by molar-refractivity contribution is 8.00. The zero-order valence-electron chi connectivity index (χ0n) is 22.0. The molecule has 2 unspecified atom stereocenters. The molecular formula is C29H39N3O4S2. The molecular weight excluding hydrogens is 518 g/mol. The fourth-order valence-electron chi connectivity index (χ4n) is 5.02. The van der Waals surface area contributed by atoms with Crippen molar-refractivity contribution in [3.8, 4) is 11.5 Å². The van der Waals surface area contributed by atoms with E-state index >= 15 is 0 Å². The molecule has 9 heteroatoms. The lowest BCUT2D eigenvalue weighted by atomic mass is 9.91. The van der Waals surface area contributed by atoms with Crippen molar-refractivity contribution >= 4 is 35.3 Å². The van der Waals surface area contributed by atoms with Gasteiger partial charge in [0.05, 0.1) is 18.7 Å². The van der Waals surface area contributed by atoms with Crippen LogP contribution in [0.3, 0.4) is 0 Å². The molecule has 38 heavy (non-hydrogen) atoms. The van der Waals surface area contributed by atoms with E-state index in [2.05, 4.69) is 28.1 Å². The van der Waals surface area contributed by atoms with E-state index in [1.807, 2.05) is 23.9 Å². The lowest BCUT2D eigenvalue weighted by molar-refractivity contribution is -0.121. The van der Waals surface area contributed by atoms with E-state index in [1.165, 1.54) is 38.2 Å². The number of ether oxygens (including phenoxy) is 1. The Hall–Kier alpha value is -2.36. The van der Waals surface area contributed by atoms with Crippen LogP contribution in [0.1, 0.15) is 48.0 Å². The largest absolute Gasteiger partial charge is 0.507 e. The van der Waals surface area contributed by atoms with Crippen molar-refractivity contribution in [2.24, 2.45) is 5.92 Å². The number of amides is 2. The monoisotopic (exact) mass is 557 g/mol. The second-order valence-corrected chi connectivity index (χ2v) is 12.5. The van der Waals surface area contributed by atoms with Crippen LogP contribution in [0.2, 0.25) is 0 Å². The highest BCUT2D eigenvalue weighted by Crippen LogP contribution is 2.31. The van der Waals surface area contributed by atoms with E-state index in [0.29, 0.717) is 5.92 Å². The van der Waals surface area contributed by atoms with E-state index in [1.54, 1.807) is 37.1 Å². The van der Waals surface area contributed by atoms with Crippen molar-refractivity contribution in [3.05, 3.63) is 59.7 Å². The van der Waals surface area contributed by atoms with Crippen molar-refractivity contribution in [1.29, 1.82) is 0 Å². The fourth-order valence-corrected chi connectivity index (χ4v) is 7.50. The minimum absolute atomic E-state index is 0.0488. The van der Waals surface area contributed by atoms with Crippen molar-refractivity contribution in [2.45, 2.75) is 55.2 Å². The maximum Gasteiger partial charge on any atom is 0.255 e. The van der Waals surface area contributed by atoms with Crippen LogP contribution in [0.5, 0.6) is 11.5 Å². The van der Waals surface area contributed by atoms with Gasteiger partial charge in [-0.05, 0) is 60.8 Å². The van der Waals surface area contributed by atoms with E-state index in [0.717, 1.165) is 35.8 Å². The number of phenols is 1. The predicted octanol–water partition coefficient (Wildman–Crippen LogP) is 4.20. The molecule has 0 spiro atoms. The van der Waals surface area contributed by atoms with Gasteiger partial charge in [0.15, 0.2) is 0 Å². The van der Waals surface area contributed by atoms with Crippen molar-refractivity contribution in [2.75, 3.05) is 31.7 Å². The Kier molecular flexibility index (Phi) is 11.1. The van der Waals surface area contributed by atoms with Gasteiger partial charge in [0.1, 0.15) is 16.9 Å². The molecule has 2 aliphatic rings. The average Bonchev–Trinajstić information content (AvgIpc) is 3.50.